The summed E-state index contributed by atoms with van der Waals surface area (Å²) in [6, 6.07) is 9.75. The van der Waals surface area contributed by atoms with E-state index >= 15 is 0 Å². The fraction of sp³-hybridized carbons (Fsp3) is 0.500. The van der Waals surface area contributed by atoms with Gasteiger partial charge in [0.1, 0.15) is 6.54 Å². The Labute approximate surface area is 172 Å². The first-order valence-electron chi connectivity index (χ1n) is 10.5. The second-order valence-electron chi connectivity index (χ2n) is 8.06. The Morgan fingerprint density at radius 1 is 1.21 bits per heavy atom. The maximum Gasteiger partial charge on any atom is 0.246 e. The molecule has 1 aromatic heterocycles. The smallest absolute Gasteiger partial charge is 0.246 e. The first kappa shape index (κ1) is 19.5. The van der Waals surface area contributed by atoms with Crippen molar-refractivity contribution in [2.45, 2.75) is 38.8 Å². The third kappa shape index (κ3) is 4.96. The van der Waals surface area contributed by atoms with Crippen LogP contribution in [-0.4, -0.2) is 46.7 Å². The van der Waals surface area contributed by atoms with Crippen molar-refractivity contribution in [3.63, 3.8) is 0 Å². The van der Waals surface area contributed by atoms with Crippen LogP contribution < -0.4 is 10.6 Å². The van der Waals surface area contributed by atoms with E-state index < -0.39 is 0 Å². The summed E-state index contributed by atoms with van der Waals surface area (Å²) in [6.45, 7) is 3.13. The second-order valence-corrected chi connectivity index (χ2v) is 8.06. The van der Waals surface area contributed by atoms with Gasteiger partial charge in [-0.15, -0.1) is 0 Å². The van der Waals surface area contributed by atoms with Crippen molar-refractivity contribution in [2.75, 3.05) is 25.5 Å². The van der Waals surface area contributed by atoms with Gasteiger partial charge in [0.25, 0.3) is 0 Å². The summed E-state index contributed by atoms with van der Waals surface area (Å²) in [5.74, 6) is 2.55. The van der Waals surface area contributed by atoms with Crippen molar-refractivity contribution >= 4 is 17.6 Å². The maximum absolute atomic E-state index is 12.2. The molecule has 2 unspecified atom stereocenters. The number of carbonyl (C=O) groups excluding carboxylic acids is 1. The number of hydrogen-bond donors (Lipinski definition) is 2. The van der Waals surface area contributed by atoms with Crippen LogP contribution in [0.5, 0.6) is 0 Å². The quantitative estimate of drug-likeness (QED) is 0.604. The molecule has 2 aliphatic rings. The lowest BCUT2D eigenvalue weighted by Crippen LogP contribution is -2.39. The Morgan fingerprint density at radius 2 is 2.00 bits per heavy atom. The van der Waals surface area contributed by atoms with Gasteiger partial charge in [-0.1, -0.05) is 25.0 Å². The van der Waals surface area contributed by atoms with Crippen molar-refractivity contribution in [1.29, 1.82) is 0 Å². The lowest BCUT2D eigenvalue weighted by atomic mass is 9.82. The average Bonchev–Trinajstić information content (AvgIpc) is 3.38. The van der Waals surface area contributed by atoms with Crippen LogP contribution in [0.1, 0.15) is 31.2 Å². The Morgan fingerprint density at radius 3 is 2.69 bits per heavy atom. The summed E-state index contributed by atoms with van der Waals surface area (Å²) in [4.78, 5) is 19.1. The molecule has 29 heavy (non-hydrogen) atoms. The van der Waals surface area contributed by atoms with Crippen LogP contribution in [0.2, 0.25) is 0 Å². The zero-order valence-corrected chi connectivity index (χ0v) is 17.1. The molecule has 7 heteroatoms. The largest absolute Gasteiger partial charge is 0.352 e. The summed E-state index contributed by atoms with van der Waals surface area (Å²) in [5, 5.41) is 10.5. The first-order valence-corrected chi connectivity index (χ1v) is 10.5. The van der Waals surface area contributed by atoms with Gasteiger partial charge in [-0.3, -0.25) is 14.5 Å². The maximum atomic E-state index is 12.2. The third-order valence-corrected chi connectivity index (χ3v) is 6.01. The molecule has 0 bridgehead atoms. The molecule has 1 saturated carbocycles. The zero-order valence-electron chi connectivity index (χ0n) is 17.1. The van der Waals surface area contributed by atoms with Crippen LogP contribution in [0.4, 0.5) is 5.69 Å². The fourth-order valence-corrected chi connectivity index (χ4v) is 4.59. The fourth-order valence-electron chi connectivity index (χ4n) is 4.59. The molecular formula is C22H30N6O. The molecule has 1 aliphatic carbocycles. The van der Waals surface area contributed by atoms with Crippen molar-refractivity contribution in [2.24, 2.45) is 16.8 Å². The number of benzene rings is 1. The highest BCUT2D eigenvalue weighted by Crippen LogP contribution is 2.35. The monoisotopic (exact) mass is 394 g/mol. The number of hydrogen-bond acceptors (Lipinski definition) is 3. The van der Waals surface area contributed by atoms with Crippen LogP contribution in [0.15, 0.2) is 47.7 Å². The van der Waals surface area contributed by atoms with Gasteiger partial charge in [-0.2, -0.15) is 5.10 Å². The molecule has 2 N–H and O–H groups in total. The normalized spacial score (nSPS) is 21.7. The molecule has 2 aromatic rings. The van der Waals surface area contributed by atoms with Gasteiger partial charge in [0.05, 0.1) is 0 Å². The number of amides is 1. The Balaban J connectivity index is 1.31. The van der Waals surface area contributed by atoms with Crippen molar-refractivity contribution in [3.05, 3.63) is 48.3 Å². The molecule has 4 rings (SSSR count). The molecule has 2 heterocycles. The molecule has 1 amide bonds. The number of nitrogens with one attached hydrogen (secondary N) is 2. The van der Waals surface area contributed by atoms with Gasteiger partial charge in [0.15, 0.2) is 5.96 Å². The van der Waals surface area contributed by atoms with E-state index in [0.717, 1.165) is 42.1 Å². The number of guanidine groups is 1. The van der Waals surface area contributed by atoms with E-state index in [1.807, 2.05) is 31.3 Å². The standard InChI is InChI=1S/C22H30N6O/c1-23-22(27-14-18-7-2-3-8-19(18)15-27)24-13-17-6-4-9-20(12-17)26-21(29)16-28-11-5-10-25-28/h4-6,9-12,18-19H,2-3,7-8,13-16H2,1H3,(H,23,24)(H,26,29). The van der Waals surface area contributed by atoms with E-state index in [4.69, 9.17) is 0 Å². The summed E-state index contributed by atoms with van der Waals surface area (Å²) in [7, 11) is 1.86. The van der Waals surface area contributed by atoms with Crippen molar-refractivity contribution < 1.29 is 4.79 Å². The van der Waals surface area contributed by atoms with Gasteiger partial charge in [0.2, 0.25) is 5.91 Å². The number of nitrogens with zero attached hydrogens (tertiary/aromatic N) is 4. The Bertz CT molecular complexity index is 833. The molecule has 2 fully saturated rings. The highest BCUT2D eigenvalue weighted by molar-refractivity contribution is 5.90. The predicted molar refractivity (Wildman–Crippen MR) is 115 cm³/mol. The van der Waals surface area contributed by atoms with Crippen LogP contribution in [0.3, 0.4) is 0 Å². The first-order chi connectivity index (χ1) is 14.2. The Kier molecular flexibility index (Phi) is 6.12. The van der Waals surface area contributed by atoms with Gasteiger partial charge in [-0.05, 0) is 48.4 Å². The van der Waals surface area contributed by atoms with E-state index in [9.17, 15) is 4.79 Å². The van der Waals surface area contributed by atoms with Crippen molar-refractivity contribution in [3.8, 4) is 0 Å². The molecule has 2 atom stereocenters. The molecule has 1 aliphatic heterocycles. The summed E-state index contributed by atoms with van der Waals surface area (Å²) >= 11 is 0. The van der Waals surface area contributed by atoms with Crippen LogP contribution in [0, 0.1) is 11.8 Å². The van der Waals surface area contributed by atoms with E-state index in [0.29, 0.717) is 6.54 Å². The minimum Gasteiger partial charge on any atom is -0.352 e. The van der Waals surface area contributed by atoms with Gasteiger partial charge in [0, 0.05) is 44.8 Å². The molecule has 7 nitrogen and oxygen atoms in total. The number of aliphatic imine (C=N–C) groups is 1. The van der Waals surface area contributed by atoms with E-state index in [1.165, 1.54) is 25.7 Å². The average molecular weight is 395 g/mol. The molecule has 154 valence electrons. The van der Waals surface area contributed by atoms with Gasteiger partial charge in [-0.25, -0.2) is 0 Å². The number of fused-ring (bicyclic) bond motifs is 1. The topological polar surface area (TPSA) is 74.5 Å². The van der Waals surface area contributed by atoms with Crippen LogP contribution in [0.25, 0.3) is 0 Å². The third-order valence-electron chi connectivity index (χ3n) is 6.01. The summed E-state index contributed by atoms with van der Waals surface area (Å²) in [6.07, 6.45) is 8.92. The van der Waals surface area contributed by atoms with Gasteiger partial charge < -0.3 is 15.5 Å². The molecular weight excluding hydrogens is 364 g/mol. The number of rotatable bonds is 5. The number of anilines is 1. The highest BCUT2D eigenvalue weighted by atomic mass is 16.2. The predicted octanol–water partition coefficient (Wildman–Crippen LogP) is 2.72. The molecule has 1 saturated heterocycles. The summed E-state index contributed by atoms with van der Waals surface area (Å²) in [5.41, 5.74) is 1.91. The molecule has 0 spiro atoms. The van der Waals surface area contributed by atoms with Crippen LogP contribution >= 0.6 is 0 Å². The van der Waals surface area contributed by atoms with E-state index in [1.54, 1.807) is 17.1 Å². The molecule has 0 radical (unpaired) electrons. The second kappa shape index (κ2) is 9.11. The number of likely N-dealkylation sites (tertiary alicyclic amines) is 1. The summed E-state index contributed by atoms with van der Waals surface area (Å²) < 4.78 is 1.61. The zero-order chi connectivity index (χ0) is 20.1. The molecule has 1 aromatic carbocycles. The SMILES string of the molecule is CN=C(NCc1cccc(NC(=O)Cn2cccn2)c1)N1CC2CCCCC2C1. The lowest BCUT2D eigenvalue weighted by molar-refractivity contribution is -0.116. The number of carbonyl (C=O) groups is 1. The van der Waals surface area contributed by atoms with E-state index in [2.05, 4.69) is 31.7 Å². The lowest BCUT2D eigenvalue weighted by Gasteiger charge is -2.22. The van der Waals surface area contributed by atoms with E-state index in [-0.39, 0.29) is 12.5 Å². The van der Waals surface area contributed by atoms with Crippen LogP contribution in [-0.2, 0) is 17.9 Å². The Hall–Kier alpha value is -2.83. The highest BCUT2D eigenvalue weighted by Gasteiger charge is 2.35. The minimum atomic E-state index is -0.0886. The minimum absolute atomic E-state index is 0.0886. The van der Waals surface area contributed by atoms with Gasteiger partial charge >= 0.3 is 0 Å². The van der Waals surface area contributed by atoms with Crippen molar-refractivity contribution in [1.82, 2.24) is 20.0 Å². The number of aromatic nitrogens is 2.